The maximum absolute atomic E-state index is 13.3. The zero-order valence-corrected chi connectivity index (χ0v) is 11.1. The monoisotopic (exact) mass is 285 g/mol. The van der Waals surface area contributed by atoms with Gasteiger partial charge in [-0.3, -0.25) is 0 Å². The molecule has 7 heteroatoms. The zero-order chi connectivity index (χ0) is 14.8. The van der Waals surface area contributed by atoms with Crippen molar-refractivity contribution in [2.24, 2.45) is 5.73 Å². The first-order chi connectivity index (χ1) is 9.59. The summed E-state index contributed by atoms with van der Waals surface area (Å²) in [5.41, 5.74) is 5.35. The van der Waals surface area contributed by atoms with Crippen molar-refractivity contribution in [1.82, 2.24) is 10.6 Å². The van der Waals surface area contributed by atoms with E-state index in [1.54, 1.807) is 18.2 Å². The third-order valence-corrected chi connectivity index (χ3v) is 2.51. The van der Waals surface area contributed by atoms with Crippen LogP contribution in [0.15, 0.2) is 24.3 Å². The number of carbonyl (C=O) groups excluding carboxylic acids is 1. The second-order valence-corrected chi connectivity index (χ2v) is 4.26. The largest absolute Gasteiger partial charge is 0.389 e. The molecule has 0 saturated heterocycles. The molecule has 5 N–H and O–H groups in total. The Morgan fingerprint density at radius 2 is 2.15 bits per heavy atom. The lowest BCUT2D eigenvalue weighted by molar-refractivity contribution is 0.0280. The minimum absolute atomic E-state index is 0.102. The van der Waals surface area contributed by atoms with E-state index in [0.717, 1.165) is 0 Å². The molecule has 0 fully saturated rings. The average Bonchev–Trinajstić information content (AvgIpc) is 2.40. The minimum atomic E-state index is -0.699. The Labute approximate surface area is 117 Å². The molecule has 2 amide bonds. The number of nitrogens with one attached hydrogen (secondary N) is 2. The van der Waals surface area contributed by atoms with Gasteiger partial charge in [0, 0.05) is 25.2 Å². The number of hydrogen-bond acceptors (Lipinski definition) is 4. The third kappa shape index (κ3) is 7.03. The van der Waals surface area contributed by atoms with E-state index < -0.39 is 12.1 Å². The van der Waals surface area contributed by atoms with Crippen molar-refractivity contribution in [2.45, 2.75) is 12.7 Å². The first-order valence-corrected chi connectivity index (χ1v) is 6.33. The molecule has 6 nitrogen and oxygen atoms in total. The Kier molecular flexibility index (Phi) is 7.56. The van der Waals surface area contributed by atoms with E-state index in [0.29, 0.717) is 25.2 Å². The normalized spacial score (nSPS) is 12.1. The fourth-order valence-electron chi connectivity index (χ4n) is 1.52. The number of benzene rings is 1. The number of amides is 2. The number of halogens is 1. The van der Waals surface area contributed by atoms with Crippen LogP contribution in [-0.2, 0) is 11.3 Å². The van der Waals surface area contributed by atoms with Gasteiger partial charge < -0.3 is 26.2 Å². The van der Waals surface area contributed by atoms with Crippen LogP contribution in [0.1, 0.15) is 5.56 Å². The number of nitrogens with two attached hydrogens (primary N) is 1. The highest BCUT2D eigenvalue weighted by atomic mass is 19.1. The second-order valence-electron chi connectivity index (χ2n) is 4.26. The molecule has 0 spiro atoms. The summed E-state index contributed by atoms with van der Waals surface area (Å²) in [6.07, 6.45) is -0.699. The number of primary amides is 1. The number of urea groups is 1. The minimum Gasteiger partial charge on any atom is -0.389 e. The van der Waals surface area contributed by atoms with Crippen LogP contribution in [0.4, 0.5) is 9.18 Å². The predicted octanol–water partition coefficient (Wildman–Crippen LogP) is -0.0389. The molecule has 1 unspecified atom stereocenters. The molecule has 1 aromatic rings. The Morgan fingerprint density at radius 3 is 2.85 bits per heavy atom. The second kappa shape index (κ2) is 9.24. The molecular formula is C13H20FN3O3. The summed E-state index contributed by atoms with van der Waals surface area (Å²) in [7, 11) is 0. The lowest BCUT2D eigenvalue weighted by atomic mass is 10.2. The zero-order valence-electron chi connectivity index (χ0n) is 11.1. The maximum Gasteiger partial charge on any atom is 0.312 e. The molecule has 1 aromatic carbocycles. The van der Waals surface area contributed by atoms with Crippen molar-refractivity contribution in [3.05, 3.63) is 35.6 Å². The Morgan fingerprint density at radius 1 is 1.40 bits per heavy atom. The summed E-state index contributed by atoms with van der Waals surface area (Å²) in [5, 5.41) is 14.9. The number of aliphatic hydroxyl groups is 1. The van der Waals surface area contributed by atoms with Gasteiger partial charge in [0.15, 0.2) is 0 Å². The van der Waals surface area contributed by atoms with Crippen molar-refractivity contribution in [3.8, 4) is 0 Å². The van der Waals surface area contributed by atoms with Gasteiger partial charge in [-0.05, 0) is 6.07 Å². The molecule has 0 bridgehead atoms. The molecule has 20 heavy (non-hydrogen) atoms. The van der Waals surface area contributed by atoms with Crippen LogP contribution in [0.3, 0.4) is 0 Å². The van der Waals surface area contributed by atoms with E-state index in [-0.39, 0.29) is 19.0 Å². The van der Waals surface area contributed by atoms with Gasteiger partial charge in [0.05, 0.1) is 19.3 Å². The van der Waals surface area contributed by atoms with Gasteiger partial charge in [0.1, 0.15) is 5.82 Å². The number of aliphatic hydroxyl groups excluding tert-OH is 1. The van der Waals surface area contributed by atoms with Gasteiger partial charge in [-0.15, -0.1) is 0 Å². The Bertz CT molecular complexity index is 418. The molecule has 0 saturated carbocycles. The molecule has 1 atom stereocenters. The van der Waals surface area contributed by atoms with E-state index in [2.05, 4.69) is 10.6 Å². The molecule has 0 aliphatic heterocycles. The van der Waals surface area contributed by atoms with Gasteiger partial charge >= 0.3 is 6.03 Å². The van der Waals surface area contributed by atoms with Crippen LogP contribution in [0, 0.1) is 5.82 Å². The molecular weight excluding hydrogens is 265 g/mol. The summed E-state index contributed by atoms with van der Waals surface area (Å²) in [4.78, 5) is 10.4. The summed E-state index contributed by atoms with van der Waals surface area (Å²) >= 11 is 0. The van der Waals surface area contributed by atoms with Crippen LogP contribution in [0.5, 0.6) is 0 Å². The number of rotatable bonds is 9. The summed E-state index contributed by atoms with van der Waals surface area (Å²) < 4.78 is 18.5. The van der Waals surface area contributed by atoms with Gasteiger partial charge in [-0.25, -0.2) is 9.18 Å². The average molecular weight is 285 g/mol. The molecule has 0 aromatic heterocycles. The molecule has 0 heterocycles. The quantitative estimate of drug-likeness (QED) is 0.479. The van der Waals surface area contributed by atoms with E-state index in [4.69, 9.17) is 10.5 Å². The van der Waals surface area contributed by atoms with E-state index in [1.165, 1.54) is 6.07 Å². The summed E-state index contributed by atoms with van der Waals surface area (Å²) in [5.74, 6) is -0.322. The van der Waals surface area contributed by atoms with E-state index in [1.807, 2.05) is 0 Å². The van der Waals surface area contributed by atoms with Crippen molar-refractivity contribution in [2.75, 3.05) is 26.2 Å². The standard InChI is InChI=1S/C13H20FN3O3/c14-12-4-2-1-3-10(12)8-20-9-11(18)7-16-5-6-17-13(15)19/h1-4,11,16,18H,5-9H2,(H3,15,17,19). The fraction of sp³-hybridized carbons (Fsp3) is 0.462. The number of hydrogen-bond donors (Lipinski definition) is 4. The molecule has 0 aliphatic carbocycles. The Balaban J connectivity index is 2.07. The lowest BCUT2D eigenvalue weighted by Gasteiger charge is -2.12. The van der Waals surface area contributed by atoms with E-state index in [9.17, 15) is 14.3 Å². The molecule has 112 valence electrons. The molecule has 1 rings (SSSR count). The fourth-order valence-corrected chi connectivity index (χ4v) is 1.52. The highest BCUT2D eigenvalue weighted by molar-refractivity contribution is 5.71. The van der Waals surface area contributed by atoms with Crippen LogP contribution in [0.25, 0.3) is 0 Å². The van der Waals surface area contributed by atoms with Crippen LogP contribution in [0.2, 0.25) is 0 Å². The predicted molar refractivity (Wildman–Crippen MR) is 72.5 cm³/mol. The maximum atomic E-state index is 13.3. The molecule has 0 radical (unpaired) electrons. The van der Waals surface area contributed by atoms with Crippen molar-refractivity contribution >= 4 is 6.03 Å². The topological polar surface area (TPSA) is 96.6 Å². The first-order valence-electron chi connectivity index (χ1n) is 6.33. The summed E-state index contributed by atoms with van der Waals surface area (Å²) in [6.45, 7) is 1.42. The SMILES string of the molecule is NC(=O)NCCNCC(O)COCc1ccccc1F. The van der Waals surface area contributed by atoms with Gasteiger partial charge in [0.25, 0.3) is 0 Å². The molecule has 0 aliphatic rings. The summed E-state index contributed by atoms with van der Waals surface area (Å²) in [6, 6.07) is 5.75. The van der Waals surface area contributed by atoms with Gasteiger partial charge in [-0.2, -0.15) is 0 Å². The van der Waals surface area contributed by atoms with Crippen LogP contribution < -0.4 is 16.4 Å². The Hall–Kier alpha value is -1.70. The van der Waals surface area contributed by atoms with Crippen molar-refractivity contribution in [3.63, 3.8) is 0 Å². The van der Waals surface area contributed by atoms with Gasteiger partial charge in [0.2, 0.25) is 0 Å². The lowest BCUT2D eigenvalue weighted by Crippen LogP contribution is -2.38. The number of ether oxygens (including phenoxy) is 1. The highest BCUT2D eigenvalue weighted by Gasteiger charge is 2.05. The van der Waals surface area contributed by atoms with Gasteiger partial charge in [-0.1, -0.05) is 18.2 Å². The number of carbonyl (C=O) groups is 1. The van der Waals surface area contributed by atoms with Crippen molar-refractivity contribution in [1.29, 1.82) is 0 Å². The van der Waals surface area contributed by atoms with E-state index >= 15 is 0 Å². The smallest absolute Gasteiger partial charge is 0.312 e. The highest BCUT2D eigenvalue weighted by Crippen LogP contribution is 2.07. The first kappa shape index (κ1) is 16.4. The van der Waals surface area contributed by atoms with Crippen molar-refractivity contribution < 1.29 is 19.0 Å². The van der Waals surface area contributed by atoms with Crippen LogP contribution in [-0.4, -0.2) is 43.5 Å². The van der Waals surface area contributed by atoms with Crippen LogP contribution >= 0.6 is 0 Å². The third-order valence-electron chi connectivity index (χ3n) is 2.51.